The zero-order valence-corrected chi connectivity index (χ0v) is 6.20. The third kappa shape index (κ3) is 1.07. The molecule has 2 heteroatoms. The molecule has 0 amide bonds. The first-order chi connectivity index (χ1) is 4.54. The van der Waals surface area contributed by atoms with Crippen molar-refractivity contribution in [1.29, 1.82) is 0 Å². The number of allylic oxidation sites excluding steroid dienone is 2. The van der Waals surface area contributed by atoms with E-state index in [2.05, 4.69) is 0 Å². The first kappa shape index (κ1) is 7.35. The highest BCUT2D eigenvalue weighted by Gasteiger charge is 2.29. The van der Waals surface area contributed by atoms with Gasteiger partial charge in [-0.3, -0.25) is 0 Å². The first-order valence-electron chi connectivity index (χ1n) is 3.30. The van der Waals surface area contributed by atoms with E-state index in [4.69, 9.17) is 5.11 Å². The van der Waals surface area contributed by atoms with Crippen molar-refractivity contribution in [2.75, 3.05) is 0 Å². The van der Waals surface area contributed by atoms with Crippen LogP contribution in [0.25, 0.3) is 0 Å². The Hall–Kier alpha value is -0.760. The molecule has 1 aliphatic rings. The fourth-order valence-electron chi connectivity index (χ4n) is 0.958. The van der Waals surface area contributed by atoms with Gasteiger partial charge in [-0.25, -0.2) is 0 Å². The highest BCUT2D eigenvalue weighted by Crippen LogP contribution is 2.29. The van der Waals surface area contributed by atoms with Gasteiger partial charge in [0.1, 0.15) is 11.9 Å². The van der Waals surface area contributed by atoms with Gasteiger partial charge >= 0.3 is 0 Å². The molecule has 0 saturated carbocycles. The Labute approximate surface area is 60.5 Å². The molecule has 0 aromatic carbocycles. The average Bonchev–Trinajstić information content (AvgIpc) is 1.83. The summed E-state index contributed by atoms with van der Waals surface area (Å²) in [6, 6.07) is 0. The summed E-state index contributed by atoms with van der Waals surface area (Å²) in [7, 11) is 0. The van der Waals surface area contributed by atoms with Crippen LogP contribution in [0.1, 0.15) is 13.8 Å². The lowest BCUT2D eigenvalue weighted by Gasteiger charge is -2.28. The molecule has 1 aliphatic carbocycles. The van der Waals surface area contributed by atoms with Gasteiger partial charge in [0.2, 0.25) is 0 Å². The minimum absolute atomic E-state index is 0.0486. The van der Waals surface area contributed by atoms with Crippen LogP contribution in [-0.2, 0) is 0 Å². The van der Waals surface area contributed by atoms with E-state index in [0.717, 1.165) is 0 Å². The second kappa shape index (κ2) is 2.13. The van der Waals surface area contributed by atoms with E-state index >= 15 is 0 Å². The maximum Gasteiger partial charge on any atom is 0.122 e. The molecule has 0 aromatic heterocycles. The first-order valence-corrected chi connectivity index (χ1v) is 3.30. The number of aliphatic hydroxyl groups is 2. The van der Waals surface area contributed by atoms with E-state index in [1.54, 1.807) is 6.08 Å². The Kier molecular flexibility index (Phi) is 1.57. The van der Waals surface area contributed by atoms with Crippen molar-refractivity contribution in [3.8, 4) is 0 Å². The van der Waals surface area contributed by atoms with Crippen LogP contribution in [0.15, 0.2) is 24.0 Å². The quantitative estimate of drug-likeness (QED) is 0.533. The summed E-state index contributed by atoms with van der Waals surface area (Å²) >= 11 is 0. The standard InChI is InChI=1S/C8H12O2/c1-8(2)5-3-4-6(9)7(8)10/h3-5,7,9-10H,1-2H3. The average molecular weight is 140 g/mol. The van der Waals surface area contributed by atoms with Gasteiger partial charge in [0.05, 0.1) is 0 Å². The molecule has 1 atom stereocenters. The zero-order chi connectivity index (χ0) is 7.78. The Morgan fingerprint density at radius 3 is 2.50 bits per heavy atom. The second-order valence-electron chi connectivity index (χ2n) is 3.17. The molecule has 0 aliphatic heterocycles. The zero-order valence-electron chi connectivity index (χ0n) is 6.20. The molecule has 1 rings (SSSR count). The van der Waals surface area contributed by atoms with Crippen LogP contribution < -0.4 is 0 Å². The molecule has 2 nitrogen and oxygen atoms in total. The molecule has 0 spiro atoms. The van der Waals surface area contributed by atoms with E-state index < -0.39 is 6.10 Å². The Morgan fingerprint density at radius 2 is 2.10 bits per heavy atom. The molecule has 0 saturated heterocycles. The minimum atomic E-state index is -0.752. The SMILES string of the molecule is CC1(C)C=CC=C(O)C1O. The van der Waals surface area contributed by atoms with Crippen LogP contribution in [0, 0.1) is 5.41 Å². The summed E-state index contributed by atoms with van der Waals surface area (Å²) in [5.41, 5.74) is -0.334. The Balaban J connectivity index is 2.89. The summed E-state index contributed by atoms with van der Waals surface area (Å²) < 4.78 is 0. The predicted octanol–water partition coefficient (Wildman–Crippen LogP) is 1.39. The minimum Gasteiger partial charge on any atom is -0.510 e. The van der Waals surface area contributed by atoms with Crippen LogP contribution in [0.3, 0.4) is 0 Å². The van der Waals surface area contributed by atoms with Crippen molar-refractivity contribution < 1.29 is 10.2 Å². The van der Waals surface area contributed by atoms with Gasteiger partial charge in [-0.05, 0) is 6.08 Å². The molecule has 0 heterocycles. The molecule has 1 unspecified atom stereocenters. The maximum absolute atomic E-state index is 9.34. The van der Waals surface area contributed by atoms with Gasteiger partial charge in [-0.2, -0.15) is 0 Å². The highest BCUT2D eigenvalue weighted by molar-refractivity contribution is 5.22. The summed E-state index contributed by atoms with van der Waals surface area (Å²) in [5.74, 6) is 0.0486. The fourth-order valence-corrected chi connectivity index (χ4v) is 0.958. The lowest BCUT2D eigenvalue weighted by atomic mass is 9.82. The molecule has 0 fully saturated rings. The van der Waals surface area contributed by atoms with Gasteiger partial charge in [0, 0.05) is 5.41 Å². The third-order valence-electron chi connectivity index (χ3n) is 1.78. The molecule has 2 N–H and O–H groups in total. The van der Waals surface area contributed by atoms with Crippen molar-refractivity contribution >= 4 is 0 Å². The maximum atomic E-state index is 9.34. The number of aliphatic hydroxyl groups excluding tert-OH is 2. The van der Waals surface area contributed by atoms with Crippen LogP contribution in [0.5, 0.6) is 0 Å². The van der Waals surface area contributed by atoms with Crippen molar-refractivity contribution in [1.82, 2.24) is 0 Å². The fraction of sp³-hybridized carbons (Fsp3) is 0.500. The van der Waals surface area contributed by atoms with Crippen LogP contribution in [0.4, 0.5) is 0 Å². The van der Waals surface area contributed by atoms with Crippen LogP contribution in [-0.4, -0.2) is 16.3 Å². The highest BCUT2D eigenvalue weighted by atomic mass is 16.3. The summed E-state index contributed by atoms with van der Waals surface area (Å²) in [6.07, 6.45) is 4.38. The monoisotopic (exact) mass is 140 g/mol. The molecule has 56 valence electrons. The molecule has 0 bridgehead atoms. The predicted molar refractivity (Wildman–Crippen MR) is 39.6 cm³/mol. The van der Waals surface area contributed by atoms with Crippen molar-refractivity contribution in [2.45, 2.75) is 20.0 Å². The Bertz CT molecular complexity index is 189. The number of hydrogen-bond acceptors (Lipinski definition) is 2. The molecule has 0 radical (unpaired) electrons. The van der Waals surface area contributed by atoms with Crippen molar-refractivity contribution in [3.63, 3.8) is 0 Å². The molecular weight excluding hydrogens is 128 g/mol. The summed E-state index contributed by atoms with van der Waals surface area (Å²) in [4.78, 5) is 0. The summed E-state index contributed by atoms with van der Waals surface area (Å²) in [6.45, 7) is 3.74. The normalized spacial score (nSPS) is 29.9. The van der Waals surface area contributed by atoms with Crippen LogP contribution in [0.2, 0.25) is 0 Å². The second-order valence-corrected chi connectivity index (χ2v) is 3.17. The largest absolute Gasteiger partial charge is 0.510 e. The van der Waals surface area contributed by atoms with Crippen molar-refractivity contribution in [2.24, 2.45) is 5.41 Å². The summed E-state index contributed by atoms with van der Waals surface area (Å²) in [5, 5.41) is 18.4. The molecule has 10 heavy (non-hydrogen) atoms. The third-order valence-corrected chi connectivity index (χ3v) is 1.78. The van der Waals surface area contributed by atoms with Gasteiger partial charge in [-0.15, -0.1) is 0 Å². The van der Waals surface area contributed by atoms with Gasteiger partial charge in [0.25, 0.3) is 0 Å². The number of hydrogen-bond donors (Lipinski definition) is 2. The van der Waals surface area contributed by atoms with E-state index in [0.29, 0.717) is 0 Å². The van der Waals surface area contributed by atoms with Crippen molar-refractivity contribution in [3.05, 3.63) is 24.0 Å². The smallest absolute Gasteiger partial charge is 0.122 e. The van der Waals surface area contributed by atoms with Crippen LogP contribution >= 0.6 is 0 Å². The lowest BCUT2D eigenvalue weighted by Crippen LogP contribution is -2.30. The van der Waals surface area contributed by atoms with E-state index in [9.17, 15) is 5.11 Å². The van der Waals surface area contributed by atoms with E-state index in [-0.39, 0.29) is 11.2 Å². The van der Waals surface area contributed by atoms with Gasteiger partial charge in [0.15, 0.2) is 0 Å². The molecular formula is C8H12O2. The van der Waals surface area contributed by atoms with Gasteiger partial charge < -0.3 is 10.2 Å². The van der Waals surface area contributed by atoms with E-state index in [1.807, 2.05) is 19.9 Å². The van der Waals surface area contributed by atoms with E-state index in [1.165, 1.54) is 6.08 Å². The number of rotatable bonds is 0. The topological polar surface area (TPSA) is 40.5 Å². The van der Waals surface area contributed by atoms with Gasteiger partial charge in [-0.1, -0.05) is 26.0 Å². The Morgan fingerprint density at radius 1 is 1.50 bits per heavy atom. The lowest BCUT2D eigenvalue weighted by molar-refractivity contribution is 0.0714. The molecule has 0 aromatic rings.